The summed E-state index contributed by atoms with van der Waals surface area (Å²) in [4.78, 5) is 11.6. The van der Waals surface area contributed by atoms with Gasteiger partial charge < -0.3 is 5.32 Å². The molecule has 0 atom stereocenters. The molecule has 2 rings (SSSR count). The molecular weight excluding hydrogens is 264 g/mol. The molecule has 0 unspecified atom stereocenters. The highest BCUT2D eigenvalue weighted by molar-refractivity contribution is 6.30. The highest BCUT2D eigenvalue weighted by Gasteiger charge is 2.07. The zero-order valence-corrected chi connectivity index (χ0v) is 11.0. The second-order valence-corrected chi connectivity index (χ2v) is 4.21. The Bertz CT molecular complexity index is 654. The van der Waals surface area contributed by atoms with E-state index in [1.165, 1.54) is 4.68 Å². The lowest BCUT2D eigenvalue weighted by Gasteiger charge is -1.95. The summed E-state index contributed by atoms with van der Waals surface area (Å²) < 4.78 is 1.46. The number of halogens is 1. The molecule has 1 aromatic heterocycles. The SMILES string of the molecule is Cn1cc(C(=O)NCC#Cc2cccc(Cl)c2)nn1. The van der Waals surface area contributed by atoms with Crippen molar-refractivity contribution in [3.63, 3.8) is 0 Å². The standard InChI is InChI=1S/C13H11ClN4O/c1-18-9-12(16-17-18)13(19)15-7-3-5-10-4-2-6-11(14)8-10/h2,4,6,8-9H,7H2,1H3,(H,15,19). The molecule has 0 radical (unpaired) electrons. The van der Waals surface area contributed by atoms with Gasteiger partial charge in [0.2, 0.25) is 0 Å². The monoisotopic (exact) mass is 274 g/mol. The first-order chi connectivity index (χ1) is 9.15. The van der Waals surface area contributed by atoms with E-state index in [1.807, 2.05) is 12.1 Å². The van der Waals surface area contributed by atoms with Crippen LogP contribution < -0.4 is 5.32 Å². The van der Waals surface area contributed by atoms with Gasteiger partial charge in [-0.3, -0.25) is 9.48 Å². The fourth-order valence-electron chi connectivity index (χ4n) is 1.38. The van der Waals surface area contributed by atoms with Crippen LogP contribution in [0.15, 0.2) is 30.5 Å². The Kier molecular flexibility index (Phi) is 4.16. The largest absolute Gasteiger partial charge is 0.340 e. The number of carbonyl (C=O) groups excluding carboxylic acids is 1. The first-order valence-electron chi connectivity index (χ1n) is 5.54. The zero-order chi connectivity index (χ0) is 13.7. The van der Waals surface area contributed by atoms with Crippen molar-refractivity contribution < 1.29 is 4.79 Å². The molecule has 96 valence electrons. The van der Waals surface area contributed by atoms with Crippen LogP contribution in [0.2, 0.25) is 5.02 Å². The average molecular weight is 275 g/mol. The molecule has 0 aliphatic rings. The van der Waals surface area contributed by atoms with E-state index in [2.05, 4.69) is 27.5 Å². The molecule has 0 saturated carbocycles. The Hall–Kier alpha value is -2.32. The number of carbonyl (C=O) groups is 1. The van der Waals surface area contributed by atoms with E-state index in [1.54, 1.807) is 25.4 Å². The van der Waals surface area contributed by atoms with E-state index in [9.17, 15) is 4.79 Å². The van der Waals surface area contributed by atoms with Crippen LogP contribution in [0.5, 0.6) is 0 Å². The predicted molar refractivity (Wildman–Crippen MR) is 71.7 cm³/mol. The minimum absolute atomic E-state index is 0.238. The Balaban J connectivity index is 1.89. The third kappa shape index (κ3) is 3.83. The number of nitrogens with zero attached hydrogens (tertiary/aromatic N) is 3. The van der Waals surface area contributed by atoms with Crippen molar-refractivity contribution in [2.75, 3.05) is 6.54 Å². The van der Waals surface area contributed by atoms with Crippen LogP contribution in [0, 0.1) is 11.8 Å². The number of amides is 1. The lowest BCUT2D eigenvalue weighted by molar-refractivity contribution is 0.0953. The summed E-state index contributed by atoms with van der Waals surface area (Å²) in [5, 5.41) is 10.6. The van der Waals surface area contributed by atoms with Crippen molar-refractivity contribution in [3.8, 4) is 11.8 Å². The summed E-state index contributed by atoms with van der Waals surface area (Å²) >= 11 is 5.84. The van der Waals surface area contributed by atoms with Crippen molar-refractivity contribution in [1.82, 2.24) is 20.3 Å². The quantitative estimate of drug-likeness (QED) is 0.839. The Morgan fingerprint density at radius 2 is 2.37 bits per heavy atom. The van der Waals surface area contributed by atoms with Crippen molar-refractivity contribution in [3.05, 3.63) is 46.7 Å². The number of benzene rings is 1. The summed E-state index contributed by atoms with van der Waals surface area (Å²) in [5.41, 5.74) is 1.08. The number of hydrogen-bond acceptors (Lipinski definition) is 3. The second kappa shape index (κ2) is 6.03. The molecule has 1 aromatic carbocycles. The molecular formula is C13H11ClN4O. The molecule has 19 heavy (non-hydrogen) atoms. The molecule has 2 aromatic rings. The van der Waals surface area contributed by atoms with Gasteiger partial charge in [-0.15, -0.1) is 5.10 Å². The number of rotatable bonds is 2. The maximum absolute atomic E-state index is 11.6. The second-order valence-electron chi connectivity index (χ2n) is 3.77. The van der Waals surface area contributed by atoms with Gasteiger partial charge in [-0.2, -0.15) is 0 Å². The number of aromatic nitrogens is 3. The first kappa shape index (κ1) is 13.1. The Labute approximate surface area is 115 Å². The normalized spacial score (nSPS) is 9.58. The predicted octanol–water partition coefficient (Wildman–Crippen LogP) is 1.25. The fourth-order valence-corrected chi connectivity index (χ4v) is 1.57. The minimum Gasteiger partial charge on any atom is -0.340 e. The smallest absolute Gasteiger partial charge is 0.274 e. The minimum atomic E-state index is -0.298. The fraction of sp³-hybridized carbons (Fsp3) is 0.154. The van der Waals surface area contributed by atoms with E-state index in [4.69, 9.17) is 11.6 Å². The summed E-state index contributed by atoms with van der Waals surface area (Å²) in [6, 6.07) is 7.22. The molecule has 0 fully saturated rings. The van der Waals surface area contributed by atoms with Gasteiger partial charge in [-0.05, 0) is 18.2 Å². The Morgan fingerprint density at radius 3 is 3.05 bits per heavy atom. The lowest BCUT2D eigenvalue weighted by Crippen LogP contribution is -2.23. The van der Waals surface area contributed by atoms with Crippen molar-refractivity contribution in [2.45, 2.75) is 0 Å². The van der Waals surface area contributed by atoms with E-state index in [-0.39, 0.29) is 18.1 Å². The molecule has 1 heterocycles. The van der Waals surface area contributed by atoms with Gasteiger partial charge in [-0.25, -0.2) is 0 Å². The van der Waals surface area contributed by atoms with Crippen LogP contribution in [-0.4, -0.2) is 27.4 Å². The van der Waals surface area contributed by atoms with Gasteiger partial charge >= 0.3 is 0 Å². The van der Waals surface area contributed by atoms with Crippen LogP contribution in [0.4, 0.5) is 0 Å². The molecule has 1 amide bonds. The topological polar surface area (TPSA) is 59.8 Å². The molecule has 0 aliphatic carbocycles. The zero-order valence-electron chi connectivity index (χ0n) is 10.2. The number of nitrogens with one attached hydrogen (secondary N) is 1. The summed E-state index contributed by atoms with van der Waals surface area (Å²) in [6.07, 6.45) is 1.54. The van der Waals surface area contributed by atoms with E-state index >= 15 is 0 Å². The van der Waals surface area contributed by atoms with Crippen LogP contribution >= 0.6 is 11.6 Å². The van der Waals surface area contributed by atoms with Crippen LogP contribution in [0.3, 0.4) is 0 Å². The van der Waals surface area contributed by atoms with Crippen LogP contribution in [0.25, 0.3) is 0 Å². The van der Waals surface area contributed by atoms with Crippen LogP contribution in [0.1, 0.15) is 16.1 Å². The summed E-state index contributed by atoms with van der Waals surface area (Å²) in [5.74, 6) is 5.45. The molecule has 0 bridgehead atoms. The molecule has 0 spiro atoms. The van der Waals surface area contributed by atoms with Crippen molar-refractivity contribution in [2.24, 2.45) is 7.05 Å². The highest BCUT2D eigenvalue weighted by Crippen LogP contribution is 2.09. The maximum Gasteiger partial charge on any atom is 0.274 e. The molecule has 6 heteroatoms. The third-order valence-corrected chi connectivity index (χ3v) is 2.47. The van der Waals surface area contributed by atoms with Crippen LogP contribution in [-0.2, 0) is 7.05 Å². The molecule has 0 aliphatic heterocycles. The molecule has 5 nitrogen and oxygen atoms in total. The van der Waals surface area contributed by atoms with E-state index in [0.29, 0.717) is 5.02 Å². The van der Waals surface area contributed by atoms with Gasteiger partial charge in [-0.1, -0.05) is 34.7 Å². The highest BCUT2D eigenvalue weighted by atomic mass is 35.5. The van der Waals surface area contributed by atoms with E-state index < -0.39 is 0 Å². The summed E-state index contributed by atoms with van der Waals surface area (Å²) in [7, 11) is 1.70. The molecule has 1 N–H and O–H groups in total. The summed E-state index contributed by atoms with van der Waals surface area (Å²) in [6.45, 7) is 0.238. The van der Waals surface area contributed by atoms with E-state index in [0.717, 1.165) is 5.56 Å². The lowest BCUT2D eigenvalue weighted by atomic mass is 10.2. The first-order valence-corrected chi connectivity index (χ1v) is 5.92. The van der Waals surface area contributed by atoms with Gasteiger partial charge in [0.15, 0.2) is 5.69 Å². The van der Waals surface area contributed by atoms with Gasteiger partial charge in [0.25, 0.3) is 5.91 Å². The number of hydrogen-bond donors (Lipinski definition) is 1. The van der Waals surface area contributed by atoms with Gasteiger partial charge in [0, 0.05) is 17.6 Å². The Morgan fingerprint density at radius 1 is 1.53 bits per heavy atom. The van der Waals surface area contributed by atoms with Crippen molar-refractivity contribution in [1.29, 1.82) is 0 Å². The van der Waals surface area contributed by atoms with Gasteiger partial charge in [0.1, 0.15) is 0 Å². The van der Waals surface area contributed by atoms with Gasteiger partial charge in [0.05, 0.1) is 12.7 Å². The maximum atomic E-state index is 11.6. The average Bonchev–Trinajstić information content (AvgIpc) is 2.81. The number of aryl methyl sites for hydroxylation is 1. The van der Waals surface area contributed by atoms with Crippen molar-refractivity contribution >= 4 is 17.5 Å². The molecule has 0 saturated heterocycles. The third-order valence-electron chi connectivity index (χ3n) is 2.23.